The molecule has 0 amide bonds. The van der Waals surface area contributed by atoms with Gasteiger partial charge < -0.3 is 5.11 Å². The Labute approximate surface area is 156 Å². The zero-order valence-electron chi connectivity index (χ0n) is 15.4. The van der Waals surface area contributed by atoms with Gasteiger partial charge in [0.25, 0.3) is 11.2 Å². The molecule has 1 aromatic heterocycles. The number of nitro benzene ring substituents is 1. The summed E-state index contributed by atoms with van der Waals surface area (Å²) in [5.74, 6) is -0.267. The van der Waals surface area contributed by atoms with E-state index in [-0.39, 0.29) is 29.2 Å². The molecule has 0 aliphatic carbocycles. The van der Waals surface area contributed by atoms with Crippen LogP contribution in [0.3, 0.4) is 0 Å². The Balaban J connectivity index is 2.61. The van der Waals surface area contributed by atoms with Crippen molar-refractivity contribution in [2.45, 2.75) is 40.2 Å². The van der Waals surface area contributed by atoms with Crippen LogP contribution in [-0.2, 0) is 6.54 Å². The second kappa shape index (κ2) is 8.27. The first-order valence-electron chi connectivity index (χ1n) is 8.47. The summed E-state index contributed by atoms with van der Waals surface area (Å²) in [6, 6.07) is 6.18. The molecular weight excluding hydrogens is 348 g/mol. The normalized spacial score (nSPS) is 10.9. The Kier molecular flexibility index (Phi) is 6.08. The number of aliphatic imine (C=N–C) groups is 1. The Bertz CT molecular complexity index is 1020. The molecule has 140 valence electrons. The fourth-order valence-corrected chi connectivity index (χ4v) is 2.63. The number of hydrogen-bond acceptors (Lipinski definition) is 6. The molecule has 0 bridgehead atoms. The van der Waals surface area contributed by atoms with Gasteiger partial charge in [0.2, 0.25) is 5.88 Å². The van der Waals surface area contributed by atoms with Crippen LogP contribution < -0.4 is 5.56 Å². The summed E-state index contributed by atoms with van der Waals surface area (Å²) >= 11 is 0. The maximum atomic E-state index is 12.4. The molecule has 1 heterocycles. The minimum atomic E-state index is -0.537. The van der Waals surface area contributed by atoms with Crippen molar-refractivity contribution in [2.75, 3.05) is 0 Å². The summed E-state index contributed by atoms with van der Waals surface area (Å²) < 4.78 is 1.16. The first-order chi connectivity index (χ1) is 12.8. The van der Waals surface area contributed by atoms with E-state index in [1.54, 1.807) is 19.9 Å². The molecule has 0 aliphatic rings. The van der Waals surface area contributed by atoms with Crippen molar-refractivity contribution in [3.05, 3.63) is 60.9 Å². The highest BCUT2D eigenvalue weighted by molar-refractivity contribution is 5.87. The first-order valence-corrected chi connectivity index (χ1v) is 8.47. The van der Waals surface area contributed by atoms with Crippen molar-refractivity contribution in [2.24, 2.45) is 4.99 Å². The Hall–Kier alpha value is -3.47. The van der Waals surface area contributed by atoms with Crippen molar-refractivity contribution in [3.63, 3.8) is 0 Å². The largest absolute Gasteiger partial charge is 0.494 e. The summed E-state index contributed by atoms with van der Waals surface area (Å²) in [5.41, 5.74) is 0.958. The van der Waals surface area contributed by atoms with Gasteiger partial charge in [0, 0.05) is 24.9 Å². The van der Waals surface area contributed by atoms with Gasteiger partial charge in [0.1, 0.15) is 11.6 Å². The lowest BCUT2D eigenvalue weighted by Crippen LogP contribution is -2.25. The standard InChI is InChI=1S/C19H20N4O4/c1-4-5-8-22-18(24)15(10-20)13(3)16(19(22)25)11-21-17-9-14(23(26)27)7-6-12(17)2/h6-7,9,11,25H,4-5,8H2,1-3H3. The average Bonchev–Trinajstić information content (AvgIpc) is 2.63. The number of nitrogens with zero attached hydrogens (tertiary/aromatic N) is 4. The first kappa shape index (κ1) is 19.8. The Morgan fingerprint density at radius 1 is 1.41 bits per heavy atom. The number of benzene rings is 1. The van der Waals surface area contributed by atoms with Crippen LogP contribution in [0.2, 0.25) is 0 Å². The lowest BCUT2D eigenvalue weighted by Gasteiger charge is -2.13. The van der Waals surface area contributed by atoms with Crippen LogP contribution in [0.4, 0.5) is 11.4 Å². The number of pyridine rings is 1. The van der Waals surface area contributed by atoms with E-state index in [9.17, 15) is 25.3 Å². The average molecular weight is 368 g/mol. The molecule has 8 heteroatoms. The minimum Gasteiger partial charge on any atom is -0.494 e. The van der Waals surface area contributed by atoms with Gasteiger partial charge in [0.15, 0.2) is 0 Å². The third kappa shape index (κ3) is 4.03. The zero-order chi connectivity index (χ0) is 20.1. The third-order valence-electron chi connectivity index (χ3n) is 4.32. The minimum absolute atomic E-state index is 0.0545. The maximum Gasteiger partial charge on any atom is 0.271 e. The number of rotatable bonds is 6. The van der Waals surface area contributed by atoms with Crippen molar-refractivity contribution in [1.82, 2.24) is 4.57 Å². The third-order valence-corrected chi connectivity index (χ3v) is 4.32. The highest BCUT2D eigenvalue weighted by atomic mass is 16.6. The lowest BCUT2D eigenvalue weighted by atomic mass is 10.1. The molecule has 0 radical (unpaired) electrons. The van der Waals surface area contributed by atoms with Crippen molar-refractivity contribution in [1.29, 1.82) is 5.26 Å². The molecule has 1 aromatic carbocycles. The second-order valence-corrected chi connectivity index (χ2v) is 6.15. The number of aromatic nitrogens is 1. The SMILES string of the molecule is CCCCn1c(O)c(C=Nc2cc([N+](=O)[O-])ccc2C)c(C)c(C#N)c1=O. The van der Waals surface area contributed by atoms with E-state index < -0.39 is 10.5 Å². The molecule has 2 rings (SSSR count). The van der Waals surface area contributed by atoms with E-state index in [2.05, 4.69) is 4.99 Å². The van der Waals surface area contributed by atoms with Crippen LogP contribution in [0, 0.1) is 35.3 Å². The molecule has 0 unspecified atom stereocenters. The topological polar surface area (TPSA) is 122 Å². The lowest BCUT2D eigenvalue weighted by molar-refractivity contribution is -0.384. The number of hydrogen-bond donors (Lipinski definition) is 1. The summed E-state index contributed by atoms with van der Waals surface area (Å²) in [4.78, 5) is 27.1. The van der Waals surface area contributed by atoms with E-state index in [0.29, 0.717) is 23.2 Å². The van der Waals surface area contributed by atoms with E-state index >= 15 is 0 Å². The second-order valence-electron chi connectivity index (χ2n) is 6.15. The maximum absolute atomic E-state index is 12.4. The summed E-state index contributed by atoms with van der Waals surface area (Å²) in [6.07, 6.45) is 2.82. The van der Waals surface area contributed by atoms with Gasteiger partial charge in [-0.05, 0) is 31.4 Å². The molecule has 0 atom stereocenters. The van der Waals surface area contributed by atoms with Crippen LogP contribution in [0.1, 0.15) is 42.0 Å². The predicted molar refractivity (Wildman–Crippen MR) is 102 cm³/mol. The molecular formula is C19H20N4O4. The molecule has 0 saturated heterocycles. The van der Waals surface area contributed by atoms with E-state index in [4.69, 9.17) is 0 Å². The van der Waals surface area contributed by atoms with Gasteiger partial charge in [-0.25, -0.2) is 0 Å². The molecule has 2 aromatic rings. The summed E-state index contributed by atoms with van der Waals surface area (Å²) in [5, 5.41) is 30.8. The highest BCUT2D eigenvalue weighted by Gasteiger charge is 2.18. The van der Waals surface area contributed by atoms with Gasteiger partial charge in [0.05, 0.1) is 16.2 Å². The van der Waals surface area contributed by atoms with Crippen LogP contribution >= 0.6 is 0 Å². The Morgan fingerprint density at radius 2 is 2.11 bits per heavy atom. The van der Waals surface area contributed by atoms with Crippen LogP contribution in [-0.4, -0.2) is 20.8 Å². The number of aromatic hydroxyl groups is 1. The molecule has 8 nitrogen and oxygen atoms in total. The van der Waals surface area contributed by atoms with Crippen molar-refractivity contribution < 1.29 is 10.0 Å². The molecule has 0 aliphatic heterocycles. The highest BCUT2D eigenvalue weighted by Crippen LogP contribution is 2.26. The monoisotopic (exact) mass is 368 g/mol. The van der Waals surface area contributed by atoms with Gasteiger partial charge in [-0.15, -0.1) is 0 Å². The predicted octanol–water partition coefficient (Wildman–Crippen LogP) is 3.50. The number of non-ortho nitro benzene ring substituents is 1. The Morgan fingerprint density at radius 3 is 2.70 bits per heavy atom. The fraction of sp³-hybridized carbons (Fsp3) is 0.316. The molecule has 27 heavy (non-hydrogen) atoms. The molecule has 0 fully saturated rings. The van der Waals surface area contributed by atoms with Gasteiger partial charge in [-0.1, -0.05) is 19.4 Å². The summed E-state index contributed by atoms with van der Waals surface area (Å²) in [6.45, 7) is 5.55. The van der Waals surface area contributed by atoms with Gasteiger partial charge >= 0.3 is 0 Å². The van der Waals surface area contributed by atoms with Crippen molar-refractivity contribution in [3.8, 4) is 11.9 Å². The van der Waals surface area contributed by atoms with Crippen LogP contribution in [0.25, 0.3) is 0 Å². The fourth-order valence-electron chi connectivity index (χ4n) is 2.63. The van der Waals surface area contributed by atoms with E-state index in [0.717, 1.165) is 11.0 Å². The molecule has 0 saturated carbocycles. The number of nitro groups is 1. The van der Waals surface area contributed by atoms with E-state index in [1.807, 2.05) is 13.0 Å². The van der Waals surface area contributed by atoms with Gasteiger partial charge in [-0.2, -0.15) is 5.26 Å². The van der Waals surface area contributed by atoms with Crippen LogP contribution in [0.5, 0.6) is 5.88 Å². The van der Waals surface area contributed by atoms with Crippen molar-refractivity contribution >= 4 is 17.6 Å². The molecule has 0 spiro atoms. The molecule has 1 N–H and O–H groups in total. The number of nitriles is 1. The quantitative estimate of drug-likeness (QED) is 0.475. The number of unbranched alkanes of at least 4 members (excludes halogenated alkanes) is 1. The van der Waals surface area contributed by atoms with E-state index in [1.165, 1.54) is 18.3 Å². The van der Waals surface area contributed by atoms with Crippen LogP contribution in [0.15, 0.2) is 28.0 Å². The van der Waals surface area contributed by atoms with Gasteiger partial charge in [-0.3, -0.25) is 24.5 Å². The zero-order valence-corrected chi connectivity index (χ0v) is 15.4. The number of aryl methyl sites for hydroxylation is 1. The smallest absolute Gasteiger partial charge is 0.271 e. The summed E-state index contributed by atoms with van der Waals surface area (Å²) in [7, 11) is 0.